The van der Waals surface area contributed by atoms with E-state index in [4.69, 9.17) is 9.15 Å². The topological polar surface area (TPSA) is 154 Å². The third-order valence-corrected chi connectivity index (χ3v) is 12.0. The molecule has 0 saturated heterocycles. The Morgan fingerprint density at radius 2 is 1.82 bits per heavy atom. The minimum Gasteiger partial charge on any atom is -0.508 e. The molecule has 0 aliphatic heterocycles. The number of Topliss-reactive ketones (excluding diaryl/α,β-unsaturated/α-hetero) is 1. The fourth-order valence-electron chi connectivity index (χ4n) is 9.69. The molecule has 9 nitrogen and oxygen atoms in total. The molecule has 0 radical (unpaired) electrons. The van der Waals surface area contributed by atoms with E-state index in [1.165, 1.54) is 25.3 Å². The first-order chi connectivity index (χ1) is 21.2. The summed E-state index contributed by atoms with van der Waals surface area (Å²) in [6.07, 6.45) is 5.94. The quantitative estimate of drug-likeness (QED) is 0.345. The highest BCUT2D eigenvalue weighted by atomic mass is 16.5. The van der Waals surface area contributed by atoms with Gasteiger partial charge in [0.2, 0.25) is 5.78 Å². The number of fused-ring (bicyclic) bond motifs is 3. The van der Waals surface area contributed by atoms with Gasteiger partial charge >= 0.3 is 0 Å². The number of phenolic OH excluding ortho intramolecular Hbond substituents is 2. The zero-order valence-corrected chi connectivity index (χ0v) is 26.3. The Balaban J connectivity index is 1.59. The van der Waals surface area contributed by atoms with Gasteiger partial charge in [-0.05, 0) is 67.3 Å². The summed E-state index contributed by atoms with van der Waals surface area (Å²) in [6, 6.07) is 3.44. The second-order valence-electron chi connectivity index (χ2n) is 14.3. The van der Waals surface area contributed by atoms with Crippen LogP contribution in [0.1, 0.15) is 65.1 Å². The van der Waals surface area contributed by atoms with Gasteiger partial charge in [-0.15, -0.1) is 0 Å². The predicted molar refractivity (Wildman–Crippen MR) is 166 cm³/mol. The van der Waals surface area contributed by atoms with Crippen LogP contribution in [0.5, 0.6) is 11.5 Å². The summed E-state index contributed by atoms with van der Waals surface area (Å²) in [4.78, 5) is 42.1. The van der Waals surface area contributed by atoms with Gasteiger partial charge in [0, 0.05) is 42.7 Å². The van der Waals surface area contributed by atoms with Crippen LogP contribution >= 0.6 is 0 Å². The van der Waals surface area contributed by atoms with Gasteiger partial charge in [0.25, 0.3) is 0 Å². The molecule has 2 aromatic rings. The van der Waals surface area contributed by atoms with Crippen molar-refractivity contribution < 1.29 is 39.2 Å². The summed E-state index contributed by atoms with van der Waals surface area (Å²) in [6.45, 7) is 10.5. The maximum absolute atomic E-state index is 14.6. The first-order valence-corrected chi connectivity index (χ1v) is 15.7. The van der Waals surface area contributed by atoms with Crippen LogP contribution < -0.4 is 5.43 Å². The smallest absolute Gasteiger partial charge is 0.202 e. The summed E-state index contributed by atoms with van der Waals surface area (Å²) < 4.78 is 11.6. The Bertz CT molecular complexity index is 1730. The number of methoxy groups -OCH3 is 1. The highest BCUT2D eigenvalue weighted by Gasteiger charge is 2.63. The maximum Gasteiger partial charge on any atom is 0.202 e. The van der Waals surface area contributed by atoms with E-state index in [9.17, 15) is 34.8 Å². The largest absolute Gasteiger partial charge is 0.508 e. The molecule has 1 aromatic carbocycles. The van der Waals surface area contributed by atoms with Gasteiger partial charge < -0.3 is 29.6 Å². The molecule has 2 saturated carbocycles. The number of hydrogen-bond acceptors (Lipinski definition) is 9. The highest BCUT2D eigenvalue weighted by Crippen LogP contribution is 2.64. The summed E-state index contributed by atoms with van der Waals surface area (Å²) in [5.41, 5.74) is -1.61. The van der Waals surface area contributed by atoms with E-state index < -0.39 is 45.7 Å². The number of aliphatic hydroxyl groups is 2. The Labute approximate surface area is 261 Å². The van der Waals surface area contributed by atoms with E-state index in [2.05, 4.69) is 20.4 Å². The fourth-order valence-corrected chi connectivity index (χ4v) is 9.69. The van der Waals surface area contributed by atoms with E-state index in [0.29, 0.717) is 18.4 Å². The summed E-state index contributed by atoms with van der Waals surface area (Å²) in [7, 11) is 1.34. The van der Waals surface area contributed by atoms with Gasteiger partial charge in [-0.2, -0.15) is 0 Å². The molecule has 2 fully saturated rings. The van der Waals surface area contributed by atoms with Crippen LogP contribution in [0.15, 0.2) is 63.0 Å². The van der Waals surface area contributed by atoms with Gasteiger partial charge in [0.1, 0.15) is 33.6 Å². The van der Waals surface area contributed by atoms with Crippen LogP contribution in [-0.2, 0) is 19.7 Å². The first kappa shape index (κ1) is 31.3. The van der Waals surface area contributed by atoms with E-state index in [1.807, 2.05) is 13.0 Å². The first-order valence-electron chi connectivity index (χ1n) is 15.7. The number of phenols is 2. The lowest BCUT2D eigenvalue weighted by Gasteiger charge is -2.60. The van der Waals surface area contributed by atoms with E-state index >= 15 is 0 Å². The molecule has 9 heteroatoms. The monoisotopic (exact) mass is 618 g/mol. The zero-order valence-electron chi connectivity index (χ0n) is 26.3. The number of aromatic hydroxyl groups is 2. The minimum absolute atomic E-state index is 0.00689. The van der Waals surface area contributed by atoms with Gasteiger partial charge in [-0.25, -0.2) is 0 Å². The summed E-state index contributed by atoms with van der Waals surface area (Å²) in [5.74, 6) is -3.59. The van der Waals surface area contributed by atoms with Crippen LogP contribution in [0.4, 0.5) is 0 Å². The van der Waals surface area contributed by atoms with Crippen molar-refractivity contribution in [2.24, 2.45) is 34.5 Å². The molecule has 4 aliphatic rings. The SMILES string of the molecule is C=C1C(O)CC2C(C)(CO)CCCC2(C)C1CC1C(C)=CCC2C(=O)C(OC)=CC(=O)C21c1cc(=O)c2c(O)cc(O)cc2o1. The lowest BCUT2D eigenvalue weighted by molar-refractivity contribution is -0.140. The van der Waals surface area contributed by atoms with E-state index in [1.54, 1.807) is 0 Å². The molecular formula is C36H42O9. The summed E-state index contributed by atoms with van der Waals surface area (Å²) >= 11 is 0. The molecule has 1 aromatic heterocycles. The maximum atomic E-state index is 14.6. The molecule has 4 N–H and O–H groups in total. The Morgan fingerprint density at radius 1 is 1.09 bits per heavy atom. The number of ketones is 2. The van der Waals surface area contributed by atoms with Crippen molar-refractivity contribution in [3.05, 3.63) is 69.8 Å². The predicted octanol–water partition coefficient (Wildman–Crippen LogP) is 4.84. The molecule has 45 heavy (non-hydrogen) atoms. The van der Waals surface area contributed by atoms with Crippen LogP contribution in [0.3, 0.4) is 0 Å². The second kappa shape index (κ2) is 10.7. The molecule has 8 atom stereocenters. The second-order valence-corrected chi connectivity index (χ2v) is 14.3. The van der Waals surface area contributed by atoms with Gasteiger partial charge in [-0.1, -0.05) is 38.5 Å². The number of allylic oxidation sites excluding steroid dienone is 4. The Kier molecular flexibility index (Phi) is 7.44. The molecule has 0 bridgehead atoms. The number of ether oxygens (including phenoxy) is 1. The van der Waals surface area contributed by atoms with Crippen LogP contribution in [0.25, 0.3) is 11.0 Å². The Morgan fingerprint density at radius 3 is 2.51 bits per heavy atom. The number of hydrogen-bond donors (Lipinski definition) is 4. The highest BCUT2D eigenvalue weighted by molar-refractivity contribution is 6.14. The average Bonchev–Trinajstić information content (AvgIpc) is 2.98. The normalized spacial score (nSPS) is 36.7. The Hall–Kier alpha value is -3.69. The van der Waals surface area contributed by atoms with Crippen LogP contribution in [0, 0.1) is 34.5 Å². The molecule has 0 amide bonds. The molecule has 8 unspecified atom stereocenters. The third kappa shape index (κ3) is 4.37. The summed E-state index contributed by atoms with van der Waals surface area (Å²) in [5, 5.41) is 42.4. The molecule has 240 valence electrons. The number of rotatable bonds is 5. The van der Waals surface area contributed by atoms with Crippen LogP contribution in [0.2, 0.25) is 0 Å². The fraction of sp³-hybridized carbons (Fsp3) is 0.528. The van der Waals surface area contributed by atoms with Gasteiger partial charge in [0.15, 0.2) is 17.0 Å². The van der Waals surface area contributed by atoms with Gasteiger partial charge in [-0.3, -0.25) is 14.4 Å². The van der Waals surface area contributed by atoms with Crippen LogP contribution in [-0.4, -0.2) is 51.8 Å². The molecule has 1 heterocycles. The van der Waals surface area contributed by atoms with E-state index in [-0.39, 0.29) is 64.3 Å². The third-order valence-electron chi connectivity index (χ3n) is 12.0. The van der Waals surface area contributed by atoms with E-state index in [0.717, 1.165) is 30.9 Å². The lowest BCUT2D eigenvalue weighted by atomic mass is 9.44. The molecule has 0 spiro atoms. The number of carbonyl (C=O) groups excluding carboxylic acids is 2. The van der Waals surface area contributed by atoms with Crippen molar-refractivity contribution in [3.8, 4) is 11.5 Å². The van der Waals surface area contributed by atoms with Crippen molar-refractivity contribution in [1.82, 2.24) is 0 Å². The van der Waals surface area contributed by atoms with Crippen molar-refractivity contribution in [1.29, 1.82) is 0 Å². The lowest BCUT2D eigenvalue weighted by Crippen LogP contribution is -2.59. The van der Waals surface area contributed by atoms with Crippen molar-refractivity contribution in [3.63, 3.8) is 0 Å². The number of aliphatic hydroxyl groups excluding tert-OH is 2. The number of carbonyl (C=O) groups is 2. The number of benzene rings is 1. The zero-order chi connectivity index (χ0) is 32.6. The van der Waals surface area contributed by atoms with Gasteiger partial charge in [0.05, 0.1) is 13.2 Å². The minimum atomic E-state index is -1.64. The molecular weight excluding hydrogens is 576 g/mol. The standard InChI is InChI=1S/C36H42O9/c1-18-7-8-21-33(43)28(44-5)16-30(42)36(21,31-15-26(41)32-25(40)11-20(38)12-27(32)45-31)22(18)13-23-19(2)24(39)14-29-34(3,17-37)9-6-10-35(23,29)4/h7,11-12,15-16,21-24,29,37-40H,2,6,8-10,13-14,17H2,1,3-5H3. The molecule has 4 aliphatic carbocycles. The molecule has 6 rings (SSSR count). The average molecular weight is 619 g/mol. The van der Waals surface area contributed by atoms with Crippen molar-refractivity contribution in [2.45, 2.75) is 70.8 Å². The van der Waals surface area contributed by atoms with Crippen molar-refractivity contribution in [2.75, 3.05) is 13.7 Å². The van der Waals surface area contributed by atoms with Crippen molar-refractivity contribution >= 4 is 22.5 Å².